The number of hydrogen-bond acceptors (Lipinski definition) is 6. The van der Waals surface area contributed by atoms with Crippen LogP contribution < -0.4 is 5.32 Å². The SMILES string of the molecule is COC(=O)C(CC1(C#N)CCC/C1=N\C(S)c1ccccc1)NC(C)=O. The third-order valence-corrected chi connectivity index (χ3v) is 4.99. The van der Waals surface area contributed by atoms with Crippen molar-refractivity contribution in [2.45, 2.75) is 44.0 Å². The lowest BCUT2D eigenvalue weighted by Crippen LogP contribution is -2.45. The number of nitriles is 1. The molecule has 1 aliphatic carbocycles. The van der Waals surface area contributed by atoms with Crippen LogP contribution in [0.4, 0.5) is 0 Å². The molecule has 1 aliphatic rings. The quantitative estimate of drug-likeness (QED) is 0.592. The Morgan fingerprint density at radius 1 is 1.42 bits per heavy atom. The molecule has 3 atom stereocenters. The van der Waals surface area contributed by atoms with Gasteiger partial charge in [-0.2, -0.15) is 5.26 Å². The number of carbonyl (C=O) groups is 2. The largest absolute Gasteiger partial charge is 0.467 e. The lowest BCUT2D eigenvalue weighted by molar-refractivity contribution is -0.145. The van der Waals surface area contributed by atoms with Gasteiger partial charge in [-0.3, -0.25) is 9.79 Å². The Hall–Kier alpha value is -2.33. The van der Waals surface area contributed by atoms with Crippen LogP contribution in [0.5, 0.6) is 0 Å². The average Bonchev–Trinajstić information content (AvgIpc) is 3.03. The second-order valence-corrected chi connectivity index (χ2v) is 6.88. The highest BCUT2D eigenvalue weighted by Gasteiger charge is 2.44. The van der Waals surface area contributed by atoms with Crippen LogP contribution >= 0.6 is 12.6 Å². The van der Waals surface area contributed by atoms with Crippen LogP contribution in [0.2, 0.25) is 0 Å². The van der Waals surface area contributed by atoms with E-state index >= 15 is 0 Å². The molecule has 1 amide bonds. The van der Waals surface area contributed by atoms with Crippen LogP contribution in [-0.4, -0.2) is 30.7 Å². The molecule has 1 aromatic rings. The smallest absolute Gasteiger partial charge is 0.328 e. The fourth-order valence-electron chi connectivity index (χ4n) is 3.29. The van der Waals surface area contributed by atoms with Gasteiger partial charge in [0, 0.05) is 19.1 Å². The number of nitrogens with zero attached hydrogens (tertiary/aromatic N) is 2. The molecule has 3 unspecified atom stereocenters. The summed E-state index contributed by atoms with van der Waals surface area (Å²) in [5.74, 6) is -0.909. The summed E-state index contributed by atoms with van der Waals surface area (Å²) in [6.45, 7) is 1.33. The van der Waals surface area contributed by atoms with Crippen LogP contribution in [0.3, 0.4) is 0 Å². The zero-order chi connectivity index (χ0) is 19.2. The summed E-state index contributed by atoms with van der Waals surface area (Å²) in [4.78, 5) is 28.2. The van der Waals surface area contributed by atoms with Gasteiger partial charge in [0.25, 0.3) is 0 Å². The zero-order valence-corrected chi connectivity index (χ0v) is 15.8. The first-order valence-corrected chi connectivity index (χ1v) is 9.00. The molecule has 1 fully saturated rings. The summed E-state index contributed by atoms with van der Waals surface area (Å²) in [5.41, 5.74) is 0.758. The van der Waals surface area contributed by atoms with Crippen LogP contribution in [0.15, 0.2) is 35.3 Å². The minimum Gasteiger partial charge on any atom is -0.467 e. The van der Waals surface area contributed by atoms with E-state index in [-0.39, 0.29) is 17.7 Å². The van der Waals surface area contributed by atoms with Gasteiger partial charge in [-0.25, -0.2) is 4.79 Å². The molecule has 6 nitrogen and oxygen atoms in total. The summed E-state index contributed by atoms with van der Waals surface area (Å²) >= 11 is 4.56. The highest BCUT2D eigenvalue weighted by Crippen LogP contribution is 2.41. The number of nitrogens with one attached hydrogen (secondary N) is 1. The molecule has 0 saturated heterocycles. The van der Waals surface area contributed by atoms with Crippen molar-refractivity contribution in [3.8, 4) is 6.07 Å². The lowest BCUT2D eigenvalue weighted by Gasteiger charge is -2.27. The highest BCUT2D eigenvalue weighted by atomic mass is 32.1. The van der Waals surface area contributed by atoms with Crippen molar-refractivity contribution in [3.63, 3.8) is 0 Å². The van der Waals surface area contributed by atoms with E-state index in [1.807, 2.05) is 30.3 Å². The van der Waals surface area contributed by atoms with Gasteiger partial charge < -0.3 is 10.1 Å². The van der Waals surface area contributed by atoms with E-state index in [0.717, 1.165) is 17.7 Å². The van der Waals surface area contributed by atoms with Crippen LogP contribution in [-0.2, 0) is 14.3 Å². The van der Waals surface area contributed by atoms with E-state index in [9.17, 15) is 14.9 Å². The third kappa shape index (κ3) is 4.64. The van der Waals surface area contributed by atoms with Gasteiger partial charge in [-0.1, -0.05) is 30.3 Å². The van der Waals surface area contributed by atoms with E-state index in [2.05, 4.69) is 29.0 Å². The summed E-state index contributed by atoms with van der Waals surface area (Å²) in [6, 6.07) is 11.1. The van der Waals surface area contributed by atoms with Crippen molar-refractivity contribution in [2.24, 2.45) is 10.4 Å². The second-order valence-electron chi connectivity index (χ2n) is 6.39. The van der Waals surface area contributed by atoms with Crippen molar-refractivity contribution >= 4 is 30.2 Å². The minimum absolute atomic E-state index is 0.143. The number of rotatable bonds is 6. The Morgan fingerprint density at radius 2 is 2.12 bits per heavy atom. The summed E-state index contributed by atoms with van der Waals surface area (Å²) in [7, 11) is 1.26. The predicted molar refractivity (Wildman–Crippen MR) is 102 cm³/mol. The van der Waals surface area contributed by atoms with Gasteiger partial charge in [-0.05, 0) is 24.8 Å². The van der Waals surface area contributed by atoms with E-state index < -0.39 is 17.4 Å². The van der Waals surface area contributed by atoms with Crippen molar-refractivity contribution in [2.75, 3.05) is 7.11 Å². The molecule has 1 aromatic carbocycles. The molecule has 0 aliphatic heterocycles. The number of aliphatic imine (C=N–C) groups is 1. The van der Waals surface area contributed by atoms with E-state index in [1.54, 1.807) is 0 Å². The summed E-state index contributed by atoms with van der Waals surface area (Å²) < 4.78 is 4.78. The Morgan fingerprint density at radius 3 is 2.69 bits per heavy atom. The maximum atomic E-state index is 12.0. The van der Waals surface area contributed by atoms with Gasteiger partial charge in [0.15, 0.2) is 0 Å². The topological polar surface area (TPSA) is 91.6 Å². The maximum absolute atomic E-state index is 12.0. The van der Waals surface area contributed by atoms with Crippen molar-refractivity contribution in [1.82, 2.24) is 5.32 Å². The number of ether oxygens (including phenoxy) is 1. The third-order valence-electron chi connectivity index (χ3n) is 4.58. The molecule has 0 radical (unpaired) electrons. The number of esters is 1. The standard InChI is InChI=1S/C19H23N3O3S/c1-13(23)21-15(18(24)25-2)11-19(12-20)10-6-9-16(19)22-17(26)14-7-4-3-5-8-14/h3-5,7-8,15,17,26H,6,9-11H2,1-2H3,(H,21,23)/b22-16+. The molecule has 0 spiro atoms. The van der Waals surface area contributed by atoms with Crippen LogP contribution in [0.25, 0.3) is 0 Å². The number of amides is 1. The number of methoxy groups -OCH3 is 1. The minimum atomic E-state index is -0.906. The molecular formula is C19H23N3O3S. The van der Waals surface area contributed by atoms with Gasteiger partial charge in [-0.15, -0.1) is 12.6 Å². The molecular weight excluding hydrogens is 350 g/mol. The monoisotopic (exact) mass is 373 g/mol. The van der Waals surface area contributed by atoms with Crippen LogP contribution in [0, 0.1) is 16.7 Å². The molecule has 2 rings (SSSR count). The summed E-state index contributed by atoms with van der Waals surface area (Å²) in [6.07, 6.45) is 2.20. The maximum Gasteiger partial charge on any atom is 0.328 e. The van der Waals surface area contributed by atoms with E-state index in [1.165, 1.54) is 14.0 Å². The Labute approximate surface area is 159 Å². The lowest BCUT2D eigenvalue weighted by atomic mass is 9.79. The molecule has 138 valence electrons. The molecule has 0 bridgehead atoms. The van der Waals surface area contributed by atoms with Gasteiger partial charge in [0.2, 0.25) is 5.91 Å². The normalized spacial score (nSPS) is 23.1. The second kappa shape index (κ2) is 8.86. The number of hydrogen-bond donors (Lipinski definition) is 2. The molecule has 7 heteroatoms. The van der Waals surface area contributed by atoms with E-state index in [4.69, 9.17) is 4.74 Å². The van der Waals surface area contributed by atoms with Crippen molar-refractivity contribution < 1.29 is 14.3 Å². The molecule has 0 heterocycles. The number of carbonyl (C=O) groups excluding carboxylic acids is 2. The fraction of sp³-hybridized carbons (Fsp3) is 0.474. The number of thiol groups is 1. The van der Waals surface area contributed by atoms with E-state index in [0.29, 0.717) is 12.8 Å². The van der Waals surface area contributed by atoms with Crippen LogP contribution in [0.1, 0.15) is 43.5 Å². The Kier molecular flexibility index (Phi) is 6.81. The predicted octanol–water partition coefficient (Wildman–Crippen LogP) is 2.82. The Balaban J connectivity index is 2.29. The number of benzene rings is 1. The average molecular weight is 373 g/mol. The van der Waals surface area contributed by atoms with Gasteiger partial charge in [0.05, 0.1) is 18.6 Å². The molecule has 1 saturated carbocycles. The van der Waals surface area contributed by atoms with Gasteiger partial charge in [0.1, 0.15) is 11.4 Å². The molecule has 26 heavy (non-hydrogen) atoms. The van der Waals surface area contributed by atoms with Crippen molar-refractivity contribution in [3.05, 3.63) is 35.9 Å². The van der Waals surface area contributed by atoms with Crippen molar-refractivity contribution in [1.29, 1.82) is 5.26 Å². The van der Waals surface area contributed by atoms with Gasteiger partial charge >= 0.3 is 5.97 Å². The zero-order valence-electron chi connectivity index (χ0n) is 14.9. The Bertz CT molecular complexity index is 729. The first kappa shape index (κ1) is 20.0. The summed E-state index contributed by atoms with van der Waals surface area (Å²) in [5, 5.41) is 12.1. The molecule has 1 N–H and O–H groups in total. The molecule has 0 aromatic heterocycles. The first-order chi connectivity index (χ1) is 12.4. The highest BCUT2D eigenvalue weighted by molar-refractivity contribution is 7.80. The fourth-order valence-corrected chi connectivity index (χ4v) is 3.60. The first-order valence-electron chi connectivity index (χ1n) is 8.48.